The lowest BCUT2D eigenvalue weighted by molar-refractivity contribution is 0.345. The van der Waals surface area contributed by atoms with Gasteiger partial charge in [-0.3, -0.25) is 4.31 Å². The molecule has 1 aliphatic rings. The summed E-state index contributed by atoms with van der Waals surface area (Å²) in [6.07, 6.45) is 4.06. The first-order valence-corrected chi connectivity index (χ1v) is 5.04. The number of hydrogen-bond donors (Lipinski definition) is 1. The van der Waals surface area contributed by atoms with Crippen molar-refractivity contribution in [3.63, 3.8) is 0 Å². The van der Waals surface area contributed by atoms with Gasteiger partial charge in [0, 0.05) is 13.1 Å². The van der Waals surface area contributed by atoms with Crippen molar-refractivity contribution in [2.45, 2.75) is 33.1 Å². The molecule has 1 atom stereocenters. The van der Waals surface area contributed by atoms with Crippen LogP contribution in [-0.2, 0) is 0 Å². The average molecular weight is 173 g/mol. The van der Waals surface area contributed by atoms with E-state index in [1.807, 2.05) is 0 Å². The summed E-state index contributed by atoms with van der Waals surface area (Å²) in [5.41, 5.74) is 0. The van der Waals surface area contributed by atoms with Crippen LogP contribution in [0.25, 0.3) is 0 Å². The molecule has 1 unspecified atom stereocenters. The number of nitrogens with zero attached hydrogens (tertiary/aromatic N) is 1. The molecule has 0 radical (unpaired) electrons. The molecule has 1 heterocycles. The Labute approximate surface area is 75.7 Å². The van der Waals surface area contributed by atoms with E-state index in [-0.39, 0.29) is 0 Å². The Morgan fingerprint density at radius 1 is 1.27 bits per heavy atom. The zero-order chi connectivity index (χ0) is 8.27. The van der Waals surface area contributed by atoms with E-state index in [1.165, 1.54) is 32.4 Å². The molecule has 0 N–H and O–H groups in total. The van der Waals surface area contributed by atoms with Gasteiger partial charge in [0.15, 0.2) is 0 Å². The molecule has 1 nitrogen and oxygen atoms in total. The van der Waals surface area contributed by atoms with Crippen LogP contribution in [0.4, 0.5) is 0 Å². The van der Waals surface area contributed by atoms with E-state index in [4.69, 9.17) is 0 Å². The molecule has 0 saturated carbocycles. The molecule has 11 heavy (non-hydrogen) atoms. The zero-order valence-corrected chi connectivity index (χ0v) is 8.48. The number of rotatable bonds is 1. The Bertz CT molecular complexity index is 114. The predicted molar refractivity (Wildman–Crippen MR) is 52.7 cm³/mol. The van der Waals surface area contributed by atoms with Crippen molar-refractivity contribution in [2.24, 2.45) is 11.8 Å². The molecule has 0 aromatic rings. The van der Waals surface area contributed by atoms with E-state index in [0.717, 1.165) is 11.8 Å². The summed E-state index contributed by atoms with van der Waals surface area (Å²) in [5, 5.41) is 0. The lowest BCUT2D eigenvalue weighted by Gasteiger charge is -2.17. The monoisotopic (exact) mass is 173 g/mol. The number of hydrogen-bond acceptors (Lipinski definition) is 2. The normalized spacial score (nSPS) is 28.9. The summed E-state index contributed by atoms with van der Waals surface area (Å²) in [6.45, 7) is 7.01. The quantitative estimate of drug-likeness (QED) is 0.597. The third-order valence-corrected chi connectivity index (χ3v) is 3.09. The van der Waals surface area contributed by atoms with Crippen LogP contribution in [-0.4, -0.2) is 17.4 Å². The van der Waals surface area contributed by atoms with Gasteiger partial charge < -0.3 is 0 Å². The third-order valence-electron chi connectivity index (χ3n) is 2.69. The van der Waals surface area contributed by atoms with Gasteiger partial charge in [-0.2, -0.15) is 0 Å². The van der Waals surface area contributed by atoms with Crippen molar-refractivity contribution in [1.82, 2.24) is 4.31 Å². The van der Waals surface area contributed by atoms with Gasteiger partial charge in [0.25, 0.3) is 0 Å². The molecule has 0 amide bonds. The van der Waals surface area contributed by atoms with E-state index in [9.17, 15) is 0 Å². The van der Waals surface area contributed by atoms with Crippen LogP contribution in [0, 0.1) is 11.8 Å². The Balaban J connectivity index is 2.34. The van der Waals surface area contributed by atoms with Gasteiger partial charge in [-0.25, -0.2) is 0 Å². The van der Waals surface area contributed by atoms with Gasteiger partial charge in [0.05, 0.1) is 0 Å². The highest BCUT2D eigenvalue weighted by Crippen LogP contribution is 2.24. The minimum Gasteiger partial charge on any atom is -0.253 e. The molecule has 0 aromatic carbocycles. The SMILES string of the molecule is CC(C)C1CCCN(S)CC1. The largest absolute Gasteiger partial charge is 0.253 e. The molecule has 1 saturated heterocycles. The molecule has 1 aliphatic heterocycles. The van der Waals surface area contributed by atoms with Gasteiger partial charge in [0.1, 0.15) is 0 Å². The minimum absolute atomic E-state index is 0.856. The minimum atomic E-state index is 0.856. The molecule has 0 aromatic heterocycles. The summed E-state index contributed by atoms with van der Waals surface area (Å²) in [4.78, 5) is 0. The molecule has 2 heteroatoms. The molecular formula is C9H19NS. The van der Waals surface area contributed by atoms with Crippen molar-refractivity contribution >= 4 is 12.8 Å². The first-order chi connectivity index (χ1) is 5.20. The van der Waals surface area contributed by atoms with Gasteiger partial charge in [0.2, 0.25) is 0 Å². The Hall–Kier alpha value is 0.310. The molecule has 1 fully saturated rings. The van der Waals surface area contributed by atoms with Crippen LogP contribution in [0.5, 0.6) is 0 Å². The fraction of sp³-hybridized carbons (Fsp3) is 1.00. The zero-order valence-electron chi connectivity index (χ0n) is 7.58. The maximum absolute atomic E-state index is 4.37. The van der Waals surface area contributed by atoms with E-state index in [2.05, 4.69) is 31.0 Å². The van der Waals surface area contributed by atoms with Gasteiger partial charge >= 0.3 is 0 Å². The van der Waals surface area contributed by atoms with Crippen molar-refractivity contribution in [1.29, 1.82) is 0 Å². The summed E-state index contributed by atoms with van der Waals surface area (Å²) >= 11 is 4.37. The predicted octanol–water partition coefficient (Wildman–Crippen LogP) is 2.59. The molecule has 0 bridgehead atoms. The second kappa shape index (κ2) is 4.36. The van der Waals surface area contributed by atoms with Gasteiger partial charge in [-0.1, -0.05) is 26.7 Å². The molecule has 66 valence electrons. The average Bonchev–Trinajstić information content (AvgIpc) is 2.13. The highest BCUT2D eigenvalue weighted by atomic mass is 32.1. The van der Waals surface area contributed by atoms with E-state index >= 15 is 0 Å². The standard InChI is InChI=1S/C9H19NS/c1-8(2)9-4-3-6-10(11)7-5-9/h8-9,11H,3-7H2,1-2H3. The van der Waals surface area contributed by atoms with Gasteiger partial charge in [-0.05, 0) is 31.1 Å². The lowest BCUT2D eigenvalue weighted by atomic mass is 9.89. The van der Waals surface area contributed by atoms with Crippen LogP contribution in [0.3, 0.4) is 0 Å². The maximum atomic E-state index is 4.37. The van der Waals surface area contributed by atoms with Crippen LogP contribution < -0.4 is 0 Å². The lowest BCUT2D eigenvalue weighted by Crippen LogP contribution is -2.14. The van der Waals surface area contributed by atoms with Crippen LogP contribution in [0.2, 0.25) is 0 Å². The highest BCUT2D eigenvalue weighted by Gasteiger charge is 2.17. The van der Waals surface area contributed by atoms with Crippen molar-refractivity contribution in [3.05, 3.63) is 0 Å². The first-order valence-electron chi connectivity index (χ1n) is 4.64. The fourth-order valence-corrected chi connectivity index (χ4v) is 2.03. The van der Waals surface area contributed by atoms with Gasteiger partial charge in [-0.15, -0.1) is 0 Å². The van der Waals surface area contributed by atoms with Crippen LogP contribution >= 0.6 is 12.8 Å². The van der Waals surface area contributed by atoms with E-state index in [1.54, 1.807) is 0 Å². The molecular weight excluding hydrogens is 154 g/mol. The van der Waals surface area contributed by atoms with Crippen molar-refractivity contribution in [3.8, 4) is 0 Å². The Kier molecular flexibility index (Phi) is 3.73. The summed E-state index contributed by atoms with van der Waals surface area (Å²) < 4.78 is 2.16. The molecule has 0 spiro atoms. The topological polar surface area (TPSA) is 3.24 Å². The molecule has 1 rings (SSSR count). The summed E-state index contributed by atoms with van der Waals surface area (Å²) in [6, 6.07) is 0. The Morgan fingerprint density at radius 2 is 2.00 bits per heavy atom. The van der Waals surface area contributed by atoms with Crippen LogP contribution in [0.15, 0.2) is 0 Å². The first kappa shape index (κ1) is 9.40. The second-order valence-corrected chi connectivity index (χ2v) is 4.45. The van der Waals surface area contributed by atoms with Crippen molar-refractivity contribution in [2.75, 3.05) is 13.1 Å². The fourth-order valence-electron chi connectivity index (χ4n) is 1.77. The Morgan fingerprint density at radius 3 is 2.64 bits per heavy atom. The summed E-state index contributed by atoms with van der Waals surface area (Å²) in [5.74, 6) is 1.79. The third kappa shape index (κ3) is 3.04. The highest BCUT2D eigenvalue weighted by molar-refractivity contribution is 7.77. The van der Waals surface area contributed by atoms with E-state index < -0.39 is 0 Å². The maximum Gasteiger partial charge on any atom is 0.00897 e. The number of thiol groups is 1. The van der Waals surface area contributed by atoms with E-state index in [0.29, 0.717) is 0 Å². The van der Waals surface area contributed by atoms with Crippen LogP contribution in [0.1, 0.15) is 33.1 Å². The second-order valence-electron chi connectivity index (χ2n) is 3.89. The summed E-state index contributed by atoms with van der Waals surface area (Å²) in [7, 11) is 0. The smallest absolute Gasteiger partial charge is 0.00897 e. The van der Waals surface area contributed by atoms with Crippen molar-refractivity contribution < 1.29 is 0 Å². The molecule has 0 aliphatic carbocycles.